The molecule has 0 saturated carbocycles. The van der Waals surface area contributed by atoms with Gasteiger partial charge in [-0.2, -0.15) is 0 Å². The minimum absolute atomic E-state index is 0.0519. The Morgan fingerprint density at radius 1 is 1.12 bits per heavy atom. The largest absolute Gasteiger partial charge is 0.494 e. The molecule has 0 fully saturated rings. The number of nitrogens with one attached hydrogen (secondary N) is 3. The lowest BCUT2D eigenvalue weighted by Gasteiger charge is -2.11. The van der Waals surface area contributed by atoms with Crippen molar-refractivity contribution in [1.29, 1.82) is 0 Å². The highest BCUT2D eigenvalue weighted by Gasteiger charge is 2.09. The van der Waals surface area contributed by atoms with Gasteiger partial charge in [-0.25, -0.2) is 0 Å². The number of thiocarbonyl (C=S) groups is 1. The maximum Gasteiger partial charge on any atom is 0.257 e. The van der Waals surface area contributed by atoms with E-state index >= 15 is 0 Å². The quantitative estimate of drug-likeness (QED) is 0.348. The molecule has 0 saturated heterocycles. The van der Waals surface area contributed by atoms with Gasteiger partial charge >= 0.3 is 0 Å². The van der Waals surface area contributed by atoms with Gasteiger partial charge in [0.1, 0.15) is 5.75 Å². The number of unbranched alkanes of at least 4 members (excludes halogenated alkanes) is 2. The fraction of sp³-hybridized carbons (Fsp3) is 0.526. The Hall–Kier alpha value is -2.15. The molecule has 0 spiro atoms. The van der Waals surface area contributed by atoms with Gasteiger partial charge in [-0.15, -0.1) is 0 Å². The van der Waals surface area contributed by atoms with Gasteiger partial charge in [0, 0.05) is 12.0 Å². The van der Waals surface area contributed by atoms with E-state index < -0.39 is 0 Å². The highest BCUT2D eigenvalue weighted by atomic mass is 32.1. The molecule has 1 aromatic rings. The summed E-state index contributed by atoms with van der Waals surface area (Å²) in [6.45, 7) is 7.00. The molecule has 0 aliphatic heterocycles. The maximum atomic E-state index is 12.1. The van der Waals surface area contributed by atoms with Crippen molar-refractivity contribution < 1.29 is 14.3 Å². The molecule has 0 aliphatic carbocycles. The van der Waals surface area contributed by atoms with E-state index in [2.05, 4.69) is 36.9 Å². The summed E-state index contributed by atoms with van der Waals surface area (Å²) >= 11 is 5.01. The second-order valence-electron chi connectivity index (χ2n) is 6.47. The molecule has 26 heavy (non-hydrogen) atoms. The van der Waals surface area contributed by atoms with Crippen molar-refractivity contribution in [3.63, 3.8) is 0 Å². The summed E-state index contributed by atoms with van der Waals surface area (Å²) in [7, 11) is 0. The van der Waals surface area contributed by atoms with Crippen LogP contribution in [0.2, 0.25) is 0 Å². The zero-order chi connectivity index (χ0) is 19.4. The molecule has 3 N–H and O–H groups in total. The number of ether oxygens (including phenoxy) is 1. The van der Waals surface area contributed by atoms with E-state index in [9.17, 15) is 9.59 Å². The average molecular weight is 380 g/mol. The fourth-order valence-electron chi connectivity index (χ4n) is 2.05. The van der Waals surface area contributed by atoms with Gasteiger partial charge in [0.05, 0.1) is 6.61 Å². The van der Waals surface area contributed by atoms with Gasteiger partial charge in [0.15, 0.2) is 5.11 Å². The SMILES string of the molecule is CCCCCC(=O)NNC(=S)NC(=O)c1ccc(OCCC(C)C)cc1. The Bertz CT molecular complexity index is 588. The fourth-order valence-corrected chi connectivity index (χ4v) is 2.19. The molecule has 1 aromatic carbocycles. The Morgan fingerprint density at radius 2 is 1.81 bits per heavy atom. The van der Waals surface area contributed by atoms with Crippen LogP contribution in [-0.2, 0) is 4.79 Å². The molecule has 1 rings (SSSR count). The van der Waals surface area contributed by atoms with Crippen LogP contribution >= 0.6 is 12.2 Å². The third-order valence-electron chi connectivity index (χ3n) is 3.63. The monoisotopic (exact) mass is 379 g/mol. The van der Waals surface area contributed by atoms with Crippen LogP contribution in [0.1, 0.15) is 63.2 Å². The summed E-state index contributed by atoms with van der Waals surface area (Å²) in [6.07, 6.45) is 4.29. The van der Waals surface area contributed by atoms with E-state index in [1.807, 2.05) is 0 Å². The second-order valence-corrected chi connectivity index (χ2v) is 6.88. The molecule has 7 heteroatoms. The van der Waals surface area contributed by atoms with E-state index in [1.165, 1.54) is 0 Å². The smallest absolute Gasteiger partial charge is 0.257 e. The number of benzene rings is 1. The van der Waals surface area contributed by atoms with Crippen molar-refractivity contribution in [1.82, 2.24) is 16.2 Å². The minimum Gasteiger partial charge on any atom is -0.494 e. The van der Waals surface area contributed by atoms with Gasteiger partial charge in [-0.3, -0.25) is 25.8 Å². The molecular formula is C19H29N3O3S. The van der Waals surface area contributed by atoms with Crippen molar-refractivity contribution in [3.8, 4) is 5.75 Å². The van der Waals surface area contributed by atoms with Gasteiger partial charge in [-0.05, 0) is 55.2 Å². The first-order valence-corrected chi connectivity index (χ1v) is 9.46. The van der Waals surface area contributed by atoms with Crippen LogP contribution in [0.25, 0.3) is 0 Å². The van der Waals surface area contributed by atoms with Crippen LogP contribution in [0.4, 0.5) is 0 Å². The van der Waals surface area contributed by atoms with Gasteiger partial charge in [0.25, 0.3) is 5.91 Å². The number of carbonyl (C=O) groups is 2. The predicted molar refractivity (Wildman–Crippen MR) is 107 cm³/mol. The molecule has 2 amide bonds. The van der Waals surface area contributed by atoms with Crippen molar-refractivity contribution >= 4 is 29.1 Å². The Morgan fingerprint density at radius 3 is 2.42 bits per heavy atom. The number of hydrazine groups is 1. The highest BCUT2D eigenvalue weighted by Crippen LogP contribution is 2.13. The Kier molecular flexibility index (Phi) is 10.3. The van der Waals surface area contributed by atoms with Crippen molar-refractivity contribution in [2.45, 2.75) is 52.9 Å². The molecule has 0 radical (unpaired) electrons. The standard InChI is InChI=1S/C19H29N3O3S/c1-4-5-6-7-17(23)21-22-19(26)20-18(24)15-8-10-16(11-9-15)25-13-12-14(2)3/h8-11,14H,4-7,12-13H2,1-3H3,(H,21,23)(H2,20,22,24,26). The van der Waals surface area contributed by atoms with Crippen LogP contribution < -0.4 is 20.9 Å². The number of hydrogen-bond acceptors (Lipinski definition) is 4. The van der Waals surface area contributed by atoms with Gasteiger partial charge in [0.2, 0.25) is 5.91 Å². The van der Waals surface area contributed by atoms with E-state index in [0.29, 0.717) is 24.5 Å². The molecule has 144 valence electrons. The maximum absolute atomic E-state index is 12.1. The van der Waals surface area contributed by atoms with Gasteiger partial charge in [-0.1, -0.05) is 33.6 Å². The number of amides is 2. The molecule has 6 nitrogen and oxygen atoms in total. The summed E-state index contributed by atoms with van der Waals surface area (Å²) in [5, 5.41) is 2.57. The summed E-state index contributed by atoms with van der Waals surface area (Å²) < 4.78 is 5.62. The lowest BCUT2D eigenvalue weighted by atomic mass is 10.1. The zero-order valence-electron chi connectivity index (χ0n) is 15.8. The molecule has 0 aromatic heterocycles. The van der Waals surface area contributed by atoms with Crippen molar-refractivity contribution in [3.05, 3.63) is 29.8 Å². The Balaban J connectivity index is 2.35. The Labute approximate surface area is 161 Å². The van der Waals surface area contributed by atoms with Crippen LogP contribution in [0.15, 0.2) is 24.3 Å². The lowest BCUT2D eigenvalue weighted by molar-refractivity contribution is -0.121. The average Bonchev–Trinajstić information content (AvgIpc) is 2.60. The molecule has 0 bridgehead atoms. The van der Waals surface area contributed by atoms with E-state index in [-0.39, 0.29) is 16.9 Å². The van der Waals surface area contributed by atoms with E-state index in [4.69, 9.17) is 17.0 Å². The molecule has 0 unspecified atom stereocenters. The second kappa shape index (κ2) is 12.2. The number of rotatable bonds is 9. The first-order chi connectivity index (χ1) is 12.4. The highest BCUT2D eigenvalue weighted by molar-refractivity contribution is 7.80. The third-order valence-corrected chi connectivity index (χ3v) is 3.83. The summed E-state index contributed by atoms with van der Waals surface area (Å²) in [6, 6.07) is 6.85. The van der Waals surface area contributed by atoms with Crippen molar-refractivity contribution in [2.75, 3.05) is 6.61 Å². The van der Waals surface area contributed by atoms with E-state index in [1.54, 1.807) is 24.3 Å². The predicted octanol–water partition coefficient (Wildman–Crippen LogP) is 3.33. The number of hydrogen-bond donors (Lipinski definition) is 3. The third kappa shape index (κ3) is 9.36. The first-order valence-electron chi connectivity index (χ1n) is 9.05. The molecular weight excluding hydrogens is 350 g/mol. The molecule has 0 heterocycles. The normalized spacial score (nSPS) is 10.3. The first kappa shape index (κ1) is 21.9. The summed E-state index contributed by atoms with van der Waals surface area (Å²) in [5.41, 5.74) is 5.47. The van der Waals surface area contributed by atoms with Crippen LogP contribution in [0.3, 0.4) is 0 Å². The summed E-state index contributed by atoms with van der Waals surface area (Å²) in [4.78, 5) is 23.7. The number of carbonyl (C=O) groups excluding carboxylic acids is 2. The van der Waals surface area contributed by atoms with Crippen molar-refractivity contribution in [2.24, 2.45) is 5.92 Å². The van der Waals surface area contributed by atoms with E-state index in [0.717, 1.165) is 31.4 Å². The minimum atomic E-state index is -0.350. The lowest BCUT2D eigenvalue weighted by Crippen LogP contribution is -2.48. The molecule has 0 atom stereocenters. The van der Waals surface area contributed by atoms with Gasteiger partial charge < -0.3 is 4.74 Å². The van der Waals surface area contributed by atoms with Crippen LogP contribution in [-0.4, -0.2) is 23.5 Å². The molecule has 0 aliphatic rings. The topological polar surface area (TPSA) is 79.5 Å². The van der Waals surface area contributed by atoms with Crippen LogP contribution in [0.5, 0.6) is 5.75 Å². The van der Waals surface area contributed by atoms with Crippen LogP contribution in [0, 0.1) is 5.92 Å². The zero-order valence-corrected chi connectivity index (χ0v) is 16.6. The summed E-state index contributed by atoms with van der Waals surface area (Å²) in [5.74, 6) is 0.803.